The first-order chi connectivity index (χ1) is 8.61. The van der Waals surface area contributed by atoms with Crippen molar-refractivity contribution in [2.24, 2.45) is 0 Å². The number of aromatic nitrogens is 1. The van der Waals surface area contributed by atoms with Crippen LogP contribution in [0.2, 0.25) is 0 Å². The zero-order chi connectivity index (χ0) is 12.9. The van der Waals surface area contributed by atoms with Crippen molar-refractivity contribution in [2.45, 2.75) is 0 Å². The molecule has 90 valence electrons. The summed E-state index contributed by atoms with van der Waals surface area (Å²) in [4.78, 5) is 12.0. The standard InChI is InChI=1S/C13H9NO4/c15-10-6-5-9-7-3-1-2-4-8(7)11(16)13(18)14(9)12(10)17/h1-6,15-17H. The lowest BCUT2D eigenvalue weighted by molar-refractivity contribution is 0.380. The lowest BCUT2D eigenvalue weighted by atomic mass is 10.1. The van der Waals surface area contributed by atoms with Gasteiger partial charge in [0.15, 0.2) is 11.5 Å². The van der Waals surface area contributed by atoms with E-state index in [1.54, 1.807) is 24.3 Å². The molecule has 18 heavy (non-hydrogen) atoms. The van der Waals surface area contributed by atoms with Crippen molar-refractivity contribution >= 4 is 16.3 Å². The summed E-state index contributed by atoms with van der Waals surface area (Å²) in [6, 6.07) is 9.62. The molecule has 0 aliphatic heterocycles. The first kappa shape index (κ1) is 10.5. The van der Waals surface area contributed by atoms with Crippen LogP contribution in [-0.2, 0) is 0 Å². The van der Waals surface area contributed by atoms with Crippen LogP contribution in [0.4, 0.5) is 0 Å². The Labute approximate surface area is 101 Å². The van der Waals surface area contributed by atoms with E-state index in [9.17, 15) is 20.1 Å². The largest absolute Gasteiger partial charge is 0.503 e. The van der Waals surface area contributed by atoms with Gasteiger partial charge in [-0.15, -0.1) is 0 Å². The molecular formula is C13H9NO4. The Bertz CT molecular complexity index is 836. The molecule has 1 aromatic carbocycles. The van der Waals surface area contributed by atoms with Gasteiger partial charge in [-0.3, -0.25) is 4.79 Å². The Kier molecular flexibility index (Phi) is 1.98. The van der Waals surface area contributed by atoms with Crippen molar-refractivity contribution in [3.8, 4) is 17.4 Å². The number of fused-ring (bicyclic) bond motifs is 3. The molecule has 2 aromatic heterocycles. The van der Waals surface area contributed by atoms with Crippen molar-refractivity contribution in [1.82, 2.24) is 4.40 Å². The monoisotopic (exact) mass is 243 g/mol. The summed E-state index contributed by atoms with van der Waals surface area (Å²) in [7, 11) is 0. The Morgan fingerprint density at radius 3 is 2.28 bits per heavy atom. The molecule has 0 saturated carbocycles. The molecule has 0 radical (unpaired) electrons. The molecule has 5 heteroatoms. The second-order valence-electron chi connectivity index (χ2n) is 3.96. The van der Waals surface area contributed by atoms with E-state index in [0.717, 1.165) is 4.40 Å². The van der Waals surface area contributed by atoms with Crippen molar-refractivity contribution in [1.29, 1.82) is 0 Å². The quantitative estimate of drug-likeness (QED) is 0.523. The maximum absolute atomic E-state index is 12.0. The summed E-state index contributed by atoms with van der Waals surface area (Å²) in [5.41, 5.74) is -0.346. The number of aromatic hydroxyl groups is 3. The zero-order valence-electron chi connectivity index (χ0n) is 9.16. The minimum absolute atomic E-state index is 0.410. The van der Waals surface area contributed by atoms with Gasteiger partial charge in [0.2, 0.25) is 5.88 Å². The van der Waals surface area contributed by atoms with Crippen LogP contribution in [0.1, 0.15) is 0 Å². The first-order valence-corrected chi connectivity index (χ1v) is 5.28. The van der Waals surface area contributed by atoms with Crippen molar-refractivity contribution in [3.05, 3.63) is 46.8 Å². The molecule has 2 heterocycles. The number of benzene rings is 1. The fourth-order valence-corrected chi connectivity index (χ4v) is 2.09. The van der Waals surface area contributed by atoms with Crippen LogP contribution >= 0.6 is 0 Å². The van der Waals surface area contributed by atoms with Crippen LogP contribution in [0.15, 0.2) is 41.2 Å². The van der Waals surface area contributed by atoms with E-state index < -0.39 is 22.9 Å². The molecule has 0 fully saturated rings. The van der Waals surface area contributed by atoms with Gasteiger partial charge in [0.25, 0.3) is 0 Å². The third-order valence-electron chi connectivity index (χ3n) is 2.94. The molecule has 0 spiro atoms. The van der Waals surface area contributed by atoms with E-state index in [2.05, 4.69) is 0 Å². The highest BCUT2D eigenvalue weighted by atomic mass is 16.3. The van der Waals surface area contributed by atoms with Crippen LogP contribution < -0.4 is 5.56 Å². The third kappa shape index (κ3) is 1.18. The zero-order valence-corrected chi connectivity index (χ0v) is 9.16. The highest BCUT2D eigenvalue weighted by molar-refractivity contribution is 5.99. The maximum Gasteiger partial charge on any atom is 0.300 e. The van der Waals surface area contributed by atoms with Gasteiger partial charge in [-0.05, 0) is 12.1 Å². The average molecular weight is 243 g/mol. The summed E-state index contributed by atoms with van der Waals surface area (Å²) < 4.78 is 0.882. The lowest BCUT2D eigenvalue weighted by Crippen LogP contribution is -2.13. The van der Waals surface area contributed by atoms with E-state index in [0.29, 0.717) is 16.3 Å². The lowest BCUT2D eigenvalue weighted by Gasteiger charge is -2.09. The summed E-state index contributed by atoms with van der Waals surface area (Å²) in [5.74, 6) is -1.46. The summed E-state index contributed by atoms with van der Waals surface area (Å²) >= 11 is 0. The van der Waals surface area contributed by atoms with Crippen molar-refractivity contribution in [3.63, 3.8) is 0 Å². The minimum Gasteiger partial charge on any atom is -0.503 e. The van der Waals surface area contributed by atoms with Gasteiger partial charge in [-0.1, -0.05) is 24.3 Å². The van der Waals surface area contributed by atoms with Crippen LogP contribution in [-0.4, -0.2) is 19.7 Å². The van der Waals surface area contributed by atoms with Crippen LogP contribution in [0.5, 0.6) is 17.4 Å². The Morgan fingerprint density at radius 2 is 1.56 bits per heavy atom. The van der Waals surface area contributed by atoms with Gasteiger partial charge in [-0.25, -0.2) is 4.40 Å². The van der Waals surface area contributed by atoms with E-state index in [1.807, 2.05) is 0 Å². The highest BCUT2D eigenvalue weighted by Gasteiger charge is 2.14. The molecule has 5 nitrogen and oxygen atoms in total. The van der Waals surface area contributed by atoms with Crippen LogP contribution in [0.3, 0.4) is 0 Å². The number of rotatable bonds is 0. The Morgan fingerprint density at radius 1 is 0.889 bits per heavy atom. The molecule has 3 aromatic rings. The smallest absolute Gasteiger partial charge is 0.300 e. The topological polar surface area (TPSA) is 82.2 Å². The fourth-order valence-electron chi connectivity index (χ4n) is 2.09. The predicted octanol–water partition coefficient (Wildman–Crippen LogP) is 1.57. The van der Waals surface area contributed by atoms with Crippen LogP contribution in [0.25, 0.3) is 16.3 Å². The Balaban J connectivity index is 2.74. The maximum atomic E-state index is 12.0. The summed E-state index contributed by atoms with van der Waals surface area (Å²) in [6.45, 7) is 0. The fraction of sp³-hybridized carbons (Fsp3) is 0. The van der Waals surface area contributed by atoms with Crippen molar-refractivity contribution in [2.75, 3.05) is 0 Å². The van der Waals surface area contributed by atoms with Gasteiger partial charge in [0, 0.05) is 10.8 Å². The molecule has 0 amide bonds. The van der Waals surface area contributed by atoms with Crippen LogP contribution in [0, 0.1) is 0 Å². The Hall–Kier alpha value is -2.69. The normalized spacial score (nSPS) is 11.1. The second kappa shape index (κ2) is 3.40. The molecule has 0 aliphatic carbocycles. The summed E-state index contributed by atoms with van der Waals surface area (Å²) in [5, 5.41) is 30.0. The molecule has 0 saturated heterocycles. The molecule has 3 N–H and O–H groups in total. The number of hydrogen-bond acceptors (Lipinski definition) is 4. The number of hydrogen-bond donors (Lipinski definition) is 3. The van der Waals surface area contributed by atoms with Crippen molar-refractivity contribution < 1.29 is 15.3 Å². The molecule has 3 rings (SSSR count). The van der Waals surface area contributed by atoms with Gasteiger partial charge >= 0.3 is 5.56 Å². The first-order valence-electron chi connectivity index (χ1n) is 5.28. The molecular weight excluding hydrogens is 234 g/mol. The van der Waals surface area contributed by atoms with E-state index in [-0.39, 0.29) is 0 Å². The van der Waals surface area contributed by atoms with E-state index in [4.69, 9.17) is 0 Å². The van der Waals surface area contributed by atoms with E-state index >= 15 is 0 Å². The molecule has 0 bridgehead atoms. The van der Waals surface area contributed by atoms with Gasteiger partial charge in [0.05, 0.1) is 5.52 Å². The van der Waals surface area contributed by atoms with Gasteiger partial charge < -0.3 is 15.3 Å². The van der Waals surface area contributed by atoms with Gasteiger partial charge in [-0.2, -0.15) is 0 Å². The summed E-state index contributed by atoms with van der Waals surface area (Å²) in [6.07, 6.45) is 0. The van der Waals surface area contributed by atoms with E-state index in [1.165, 1.54) is 12.1 Å². The third-order valence-corrected chi connectivity index (χ3v) is 2.94. The SMILES string of the molecule is O=c1c(O)c2ccccc2c2ccc(O)c(O)n12. The molecule has 0 aliphatic rings. The predicted molar refractivity (Wildman–Crippen MR) is 66.2 cm³/mol. The number of nitrogens with zero attached hydrogens (tertiary/aromatic N) is 1. The molecule has 0 atom stereocenters. The van der Waals surface area contributed by atoms with Gasteiger partial charge in [0.1, 0.15) is 0 Å². The highest BCUT2D eigenvalue weighted by Crippen LogP contribution is 2.30. The number of pyridine rings is 2. The average Bonchev–Trinajstić information content (AvgIpc) is 2.39. The molecule has 0 unspecified atom stereocenters. The second-order valence-corrected chi connectivity index (χ2v) is 3.96. The minimum atomic E-state index is -0.767.